The van der Waals surface area contributed by atoms with Crippen molar-refractivity contribution in [1.82, 2.24) is 9.97 Å². The van der Waals surface area contributed by atoms with Gasteiger partial charge in [-0.05, 0) is 37.3 Å². The molecule has 0 spiro atoms. The van der Waals surface area contributed by atoms with Gasteiger partial charge in [-0.3, -0.25) is 4.79 Å². The number of carbonyl (C=O) groups is 1. The van der Waals surface area contributed by atoms with E-state index in [1.165, 1.54) is 5.69 Å². The number of carbonyl (C=O) groups excluding carboxylic acids is 1. The molecule has 1 aromatic heterocycles. The second-order valence-electron chi connectivity index (χ2n) is 7.30. The Bertz CT molecular complexity index is 1040. The van der Waals surface area contributed by atoms with Gasteiger partial charge in [-0.15, -0.1) is 0 Å². The Morgan fingerprint density at radius 2 is 1.74 bits per heavy atom. The van der Waals surface area contributed by atoms with Crippen LogP contribution in [0.25, 0.3) is 0 Å². The Hall–Kier alpha value is -3.32. The molecule has 7 nitrogen and oxygen atoms in total. The fraction of sp³-hybridized carbons (Fsp3) is 0.261. The summed E-state index contributed by atoms with van der Waals surface area (Å²) in [5.74, 6) is 0.726. The van der Waals surface area contributed by atoms with Gasteiger partial charge < -0.3 is 19.9 Å². The quantitative estimate of drug-likeness (QED) is 0.632. The van der Waals surface area contributed by atoms with E-state index in [0.29, 0.717) is 22.5 Å². The number of amides is 1. The minimum absolute atomic E-state index is 0.149. The van der Waals surface area contributed by atoms with Gasteiger partial charge >= 0.3 is 0 Å². The van der Waals surface area contributed by atoms with Crippen LogP contribution in [0.3, 0.4) is 0 Å². The van der Waals surface area contributed by atoms with Crippen molar-refractivity contribution in [3.63, 3.8) is 0 Å². The number of anilines is 3. The summed E-state index contributed by atoms with van der Waals surface area (Å²) >= 11 is 5.95. The normalized spacial score (nSPS) is 13.7. The Balaban J connectivity index is 1.34. The van der Waals surface area contributed by atoms with Crippen LogP contribution in [-0.4, -0.2) is 48.7 Å². The van der Waals surface area contributed by atoms with Crippen molar-refractivity contribution in [2.75, 3.05) is 47.9 Å². The summed E-state index contributed by atoms with van der Waals surface area (Å²) in [7, 11) is 0. The highest BCUT2D eigenvalue weighted by Gasteiger charge is 2.20. The molecule has 1 amide bonds. The molecule has 1 aliphatic heterocycles. The van der Waals surface area contributed by atoms with Crippen LogP contribution in [0.15, 0.2) is 60.7 Å². The van der Waals surface area contributed by atoms with Crippen molar-refractivity contribution < 1.29 is 9.53 Å². The van der Waals surface area contributed by atoms with Crippen molar-refractivity contribution in [2.45, 2.75) is 6.92 Å². The molecule has 4 rings (SSSR count). The summed E-state index contributed by atoms with van der Waals surface area (Å²) in [6.45, 7) is 5.15. The summed E-state index contributed by atoms with van der Waals surface area (Å²) in [4.78, 5) is 25.8. The molecule has 8 heteroatoms. The largest absolute Gasteiger partial charge is 0.467 e. The van der Waals surface area contributed by atoms with Crippen LogP contribution in [0.1, 0.15) is 5.69 Å². The van der Waals surface area contributed by atoms with Gasteiger partial charge in [-0.2, -0.15) is 4.98 Å². The van der Waals surface area contributed by atoms with E-state index in [1.807, 2.05) is 13.0 Å². The minimum atomic E-state index is -0.281. The average Bonchev–Trinajstić information content (AvgIpc) is 2.78. The number of piperazine rings is 1. The first-order valence-electron chi connectivity index (χ1n) is 10.2. The number of benzene rings is 2. The van der Waals surface area contributed by atoms with E-state index in [0.717, 1.165) is 31.9 Å². The van der Waals surface area contributed by atoms with E-state index in [9.17, 15) is 4.79 Å². The van der Waals surface area contributed by atoms with Crippen LogP contribution in [0, 0.1) is 6.92 Å². The number of halogens is 1. The molecule has 2 aromatic carbocycles. The van der Waals surface area contributed by atoms with Crippen molar-refractivity contribution in [2.24, 2.45) is 0 Å². The van der Waals surface area contributed by atoms with E-state index in [4.69, 9.17) is 16.3 Å². The molecule has 2 heterocycles. The number of hydrogen-bond donors (Lipinski definition) is 1. The van der Waals surface area contributed by atoms with Crippen LogP contribution in [-0.2, 0) is 4.79 Å². The van der Waals surface area contributed by atoms with Gasteiger partial charge in [-0.1, -0.05) is 35.9 Å². The lowest BCUT2D eigenvalue weighted by atomic mass is 10.2. The molecular weight excluding hydrogens is 414 g/mol. The predicted octanol–water partition coefficient (Wildman–Crippen LogP) is 3.78. The lowest BCUT2D eigenvalue weighted by Crippen LogP contribution is -2.47. The lowest BCUT2D eigenvalue weighted by Gasteiger charge is -2.36. The maximum absolute atomic E-state index is 12.2. The number of aromatic nitrogens is 2. The van der Waals surface area contributed by atoms with Crippen LogP contribution in [0.5, 0.6) is 5.88 Å². The fourth-order valence-corrected chi connectivity index (χ4v) is 3.64. The maximum atomic E-state index is 12.2. The van der Waals surface area contributed by atoms with Gasteiger partial charge in [0.15, 0.2) is 6.61 Å². The monoisotopic (exact) mass is 437 g/mol. The summed E-state index contributed by atoms with van der Waals surface area (Å²) < 4.78 is 5.64. The minimum Gasteiger partial charge on any atom is -0.467 e. The summed E-state index contributed by atoms with van der Waals surface area (Å²) in [6, 6.07) is 19.1. The third kappa shape index (κ3) is 5.64. The number of nitrogens with one attached hydrogen (secondary N) is 1. The predicted molar refractivity (Wildman–Crippen MR) is 123 cm³/mol. The maximum Gasteiger partial charge on any atom is 0.262 e. The topological polar surface area (TPSA) is 70.6 Å². The average molecular weight is 438 g/mol. The Kier molecular flexibility index (Phi) is 6.52. The highest BCUT2D eigenvalue weighted by molar-refractivity contribution is 6.30. The first-order valence-corrected chi connectivity index (χ1v) is 10.5. The molecule has 0 bridgehead atoms. The van der Waals surface area contributed by atoms with Gasteiger partial charge in [0.2, 0.25) is 11.8 Å². The van der Waals surface area contributed by atoms with Crippen molar-refractivity contribution in [3.8, 4) is 5.88 Å². The highest BCUT2D eigenvalue weighted by atomic mass is 35.5. The van der Waals surface area contributed by atoms with Gasteiger partial charge in [0, 0.05) is 54.3 Å². The number of nitrogens with zero attached hydrogens (tertiary/aromatic N) is 4. The molecule has 1 fully saturated rings. The number of ether oxygens (including phenoxy) is 1. The summed E-state index contributed by atoms with van der Waals surface area (Å²) in [5, 5.41) is 3.32. The van der Waals surface area contributed by atoms with Crippen molar-refractivity contribution in [3.05, 3.63) is 71.4 Å². The Morgan fingerprint density at radius 1 is 1.00 bits per heavy atom. The molecule has 1 aliphatic rings. The molecule has 160 valence electrons. The third-order valence-corrected chi connectivity index (χ3v) is 5.20. The van der Waals surface area contributed by atoms with E-state index in [-0.39, 0.29) is 12.5 Å². The van der Waals surface area contributed by atoms with E-state index < -0.39 is 0 Å². The lowest BCUT2D eigenvalue weighted by molar-refractivity contribution is -0.118. The number of rotatable bonds is 6. The zero-order valence-corrected chi connectivity index (χ0v) is 18.0. The van der Waals surface area contributed by atoms with Crippen LogP contribution < -0.4 is 19.9 Å². The smallest absolute Gasteiger partial charge is 0.262 e. The molecule has 0 atom stereocenters. The van der Waals surface area contributed by atoms with Crippen molar-refractivity contribution >= 4 is 34.8 Å². The Morgan fingerprint density at radius 3 is 2.48 bits per heavy atom. The first kappa shape index (κ1) is 20.9. The molecular formula is C23H24ClN5O2. The number of hydrogen-bond acceptors (Lipinski definition) is 6. The third-order valence-electron chi connectivity index (χ3n) is 4.96. The zero-order chi connectivity index (χ0) is 21.6. The fourth-order valence-electron chi connectivity index (χ4n) is 3.45. The van der Waals surface area contributed by atoms with E-state index >= 15 is 0 Å². The van der Waals surface area contributed by atoms with Crippen LogP contribution in [0.4, 0.5) is 17.3 Å². The molecule has 1 saturated heterocycles. The molecule has 3 aromatic rings. The molecule has 31 heavy (non-hydrogen) atoms. The highest BCUT2D eigenvalue weighted by Crippen LogP contribution is 2.20. The zero-order valence-electron chi connectivity index (χ0n) is 17.3. The number of aryl methyl sites for hydroxylation is 1. The van der Waals surface area contributed by atoms with Crippen LogP contribution in [0.2, 0.25) is 5.02 Å². The van der Waals surface area contributed by atoms with E-state index in [1.54, 1.807) is 30.3 Å². The second kappa shape index (κ2) is 9.66. The summed E-state index contributed by atoms with van der Waals surface area (Å²) in [5.41, 5.74) is 2.64. The van der Waals surface area contributed by atoms with Gasteiger partial charge in [-0.25, -0.2) is 4.98 Å². The molecule has 0 radical (unpaired) electrons. The van der Waals surface area contributed by atoms with Crippen LogP contribution >= 0.6 is 11.6 Å². The second-order valence-corrected chi connectivity index (χ2v) is 7.74. The number of para-hydroxylation sites is 1. The SMILES string of the molecule is Cc1cc(OCC(=O)Nc2cccc(Cl)c2)nc(N2CCN(c3ccccc3)CC2)n1. The molecule has 0 aliphatic carbocycles. The molecule has 0 saturated carbocycles. The van der Waals surface area contributed by atoms with Gasteiger partial charge in [0.05, 0.1) is 0 Å². The molecule has 1 N–H and O–H groups in total. The Labute approximate surface area is 186 Å². The van der Waals surface area contributed by atoms with Gasteiger partial charge in [0.1, 0.15) is 0 Å². The molecule has 0 unspecified atom stereocenters. The van der Waals surface area contributed by atoms with E-state index in [2.05, 4.69) is 49.4 Å². The first-order chi connectivity index (χ1) is 15.1. The standard InChI is InChI=1S/C23H24ClN5O2/c1-17-14-22(31-16-21(30)26-19-7-5-6-18(24)15-19)27-23(25-17)29-12-10-28(11-13-29)20-8-3-2-4-9-20/h2-9,14-15H,10-13,16H2,1H3,(H,26,30). The summed E-state index contributed by atoms with van der Waals surface area (Å²) in [6.07, 6.45) is 0. The van der Waals surface area contributed by atoms with Crippen molar-refractivity contribution in [1.29, 1.82) is 0 Å². The van der Waals surface area contributed by atoms with Gasteiger partial charge in [0.25, 0.3) is 5.91 Å².